The van der Waals surface area contributed by atoms with Gasteiger partial charge in [-0.3, -0.25) is 0 Å². The van der Waals surface area contributed by atoms with E-state index in [4.69, 9.17) is 37.5 Å². The van der Waals surface area contributed by atoms with E-state index >= 15 is 0 Å². The molecule has 0 amide bonds. The van der Waals surface area contributed by atoms with Gasteiger partial charge in [-0.05, 0) is 29.8 Å². The van der Waals surface area contributed by atoms with Crippen LogP contribution in [0.3, 0.4) is 0 Å². The Hall–Kier alpha value is -1.54. The van der Waals surface area contributed by atoms with Gasteiger partial charge in [0, 0.05) is 0 Å². The van der Waals surface area contributed by atoms with Crippen LogP contribution in [0.25, 0.3) is 0 Å². The van der Waals surface area contributed by atoms with Gasteiger partial charge >= 0.3 is 5.97 Å². The van der Waals surface area contributed by atoms with Crippen LogP contribution in [0.5, 0.6) is 0 Å². The van der Waals surface area contributed by atoms with E-state index in [1.807, 2.05) is 0 Å². The summed E-state index contributed by atoms with van der Waals surface area (Å²) in [5.41, 5.74) is 0.621. The molecule has 6 nitrogen and oxygen atoms in total. The number of carbonyl (C=O) groups excluding carboxylic acids is 1. The third-order valence-corrected chi connectivity index (χ3v) is 3.94. The van der Waals surface area contributed by atoms with E-state index in [1.165, 1.54) is 0 Å². The van der Waals surface area contributed by atoms with Crippen LogP contribution < -0.4 is 5.14 Å². The van der Waals surface area contributed by atoms with Crippen LogP contribution in [-0.4, -0.2) is 14.4 Å². The zero-order valence-corrected chi connectivity index (χ0v) is 12.7. The third-order valence-electron chi connectivity index (χ3n) is 2.42. The van der Waals surface area contributed by atoms with Gasteiger partial charge in [0.2, 0.25) is 10.9 Å². The average Bonchev–Trinajstić information content (AvgIpc) is 2.89. The van der Waals surface area contributed by atoms with E-state index in [0.717, 1.165) is 12.1 Å². The first-order chi connectivity index (χ1) is 9.77. The van der Waals surface area contributed by atoms with E-state index in [-0.39, 0.29) is 12.4 Å². The van der Waals surface area contributed by atoms with Gasteiger partial charge in [-0.25, -0.2) is 18.4 Å². The lowest BCUT2D eigenvalue weighted by molar-refractivity contribution is 0.0430. The molecule has 0 spiro atoms. The van der Waals surface area contributed by atoms with Crippen LogP contribution in [-0.2, 0) is 21.4 Å². The first kappa shape index (κ1) is 15.8. The van der Waals surface area contributed by atoms with Crippen LogP contribution in [0.15, 0.2) is 39.8 Å². The van der Waals surface area contributed by atoms with E-state index < -0.39 is 21.1 Å². The van der Waals surface area contributed by atoms with Gasteiger partial charge < -0.3 is 9.15 Å². The summed E-state index contributed by atoms with van der Waals surface area (Å²) in [6.45, 7) is -0.0683. The second-order valence-electron chi connectivity index (χ2n) is 3.99. The minimum absolute atomic E-state index is 0.0683. The number of hydrogen-bond donors (Lipinski definition) is 1. The number of primary sulfonamides is 1. The van der Waals surface area contributed by atoms with Crippen molar-refractivity contribution in [2.75, 3.05) is 0 Å². The minimum Gasteiger partial charge on any atom is -0.455 e. The van der Waals surface area contributed by atoms with Crippen LogP contribution in [0.1, 0.15) is 16.1 Å². The Kier molecular flexibility index (Phi) is 4.58. The summed E-state index contributed by atoms with van der Waals surface area (Å²) in [5, 5.41) is 5.07. The molecule has 0 atom stereocenters. The number of ether oxygens (including phenoxy) is 1. The Morgan fingerprint density at radius 3 is 2.48 bits per heavy atom. The molecule has 0 saturated carbocycles. The van der Waals surface area contributed by atoms with Crippen molar-refractivity contribution in [3.63, 3.8) is 0 Å². The van der Waals surface area contributed by atoms with E-state index in [2.05, 4.69) is 0 Å². The van der Waals surface area contributed by atoms with Crippen LogP contribution in [0, 0.1) is 0 Å². The van der Waals surface area contributed by atoms with Crippen molar-refractivity contribution in [1.82, 2.24) is 0 Å². The molecular formula is C12H9Cl2NO5S. The van der Waals surface area contributed by atoms with Gasteiger partial charge in [-0.15, -0.1) is 0 Å². The molecule has 0 fully saturated rings. The van der Waals surface area contributed by atoms with Crippen molar-refractivity contribution in [3.05, 3.63) is 51.7 Å². The summed E-state index contributed by atoms with van der Waals surface area (Å²) in [7, 11) is -4.00. The van der Waals surface area contributed by atoms with Crippen molar-refractivity contribution in [2.24, 2.45) is 5.14 Å². The standard InChI is InChI=1S/C12H9Cl2NO5S/c13-8-2-1-7(5-9(8)14)6-19-12(16)10-3-4-11(20-10)21(15,17)18/h1-5H,6H2,(H2,15,17,18). The molecule has 1 aromatic carbocycles. The van der Waals surface area contributed by atoms with Crippen molar-refractivity contribution in [2.45, 2.75) is 11.7 Å². The lowest BCUT2D eigenvalue weighted by Gasteiger charge is -2.04. The van der Waals surface area contributed by atoms with E-state index in [0.29, 0.717) is 15.6 Å². The molecular weight excluding hydrogens is 341 g/mol. The number of halogens is 2. The molecule has 9 heteroatoms. The van der Waals surface area contributed by atoms with Gasteiger partial charge in [-0.2, -0.15) is 0 Å². The number of benzene rings is 1. The smallest absolute Gasteiger partial charge is 0.374 e. The van der Waals surface area contributed by atoms with Crippen LogP contribution in [0.2, 0.25) is 10.0 Å². The highest BCUT2D eigenvalue weighted by Crippen LogP contribution is 2.23. The van der Waals surface area contributed by atoms with Gasteiger partial charge in [0.25, 0.3) is 10.0 Å². The fraction of sp³-hybridized carbons (Fsp3) is 0.0833. The monoisotopic (exact) mass is 349 g/mol. The predicted octanol–water partition coefficient (Wildman–Crippen LogP) is 2.59. The number of hydrogen-bond acceptors (Lipinski definition) is 5. The Labute approximate surface area is 130 Å². The summed E-state index contributed by atoms with van der Waals surface area (Å²) in [5.74, 6) is -1.09. The molecule has 2 rings (SSSR count). The van der Waals surface area contributed by atoms with Crippen molar-refractivity contribution in [3.8, 4) is 0 Å². The van der Waals surface area contributed by atoms with Crippen LogP contribution >= 0.6 is 23.2 Å². The molecule has 0 aliphatic rings. The molecule has 1 aromatic heterocycles. The lowest BCUT2D eigenvalue weighted by atomic mass is 10.2. The zero-order valence-electron chi connectivity index (χ0n) is 10.4. The van der Waals surface area contributed by atoms with Gasteiger partial charge in [-0.1, -0.05) is 29.3 Å². The highest BCUT2D eigenvalue weighted by Gasteiger charge is 2.18. The Bertz CT molecular complexity index is 785. The number of esters is 1. The first-order valence-corrected chi connectivity index (χ1v) is 7.81. The number of rotatable bonds is 4. The van der Waals surface area contributed by atoms with Crippen molar-refractivity contribution >= 4 is 39.2 Å². The topological polar surface area (TPSA) is 99.6 Å². The summed E-state index contributed by atoms with van der Waals surface area (Å²) in [4.78, 5) is 11.7. The van der Waals surface area contributed by atoms with Crippen LogP contribution in [0.4, 0.5) is 0 Å². The maximum Gasteiger partial charge on any atom is 0.374 e. The highest BCUT2D eigenvalue weighted by molar-refractivity contribution is 7.89. The second kappa shape index (κ2) is 6.07. The van der Waals surface area contributed by atoms with Gasteiger partial charge in [0.05, 0.1) is 10.0 Å². The molecule has 2 N–H and O–H groups in total. The number of carbonyl (C=O) groups is 1. The molecule has 21 heavy (non-hydrogen) atoms. The lowest BCUT2D eigenvalue weighted by Crippen LogP contribution is -2.11. The molecule has 2 aromatic rings. The van der Waals surface area contributed by atoms with Crippen molar-refractivity contribution < 1.29 is 22.4 Å². The summed E-state index contributed by atoms with van der Waals surface area (Å²) in [6, 6.07) is 7.00. The zero-order chi connectivity index (χ0) is 15.6. The molecule has 0 radical (unpaired) electrons. The Balaban J connectivity index is 2.05. The summed E-state index contributed by atoms with van der Waals surface area (Å²) >= 11 is 11.6. The quantitative estimate of drug-likeness (QED) is 0.855. The molecule has 0 aliphatic heterocycles. The normalized spacial score (nSPS) is 11.4. The van der Waals surface area contributed by atoms with E-state index in [9.17, 15) is 13.2 Å². The average molecular weight is 350 g/mol. The summed E-state index contributed by atoms with van der Waals surface area (Å²) in [6.07, 6.45) is 0. The largest absolute Gasteiger partial charge is 0.455 e. The number of furan rings is 1. The summed E-state index contributed by atoms with van der Waals surface area (Å²) < 4.78 is 31.8. The maximum atomic E-state index is 11.7. The number of sulfonamides is 1. The first-order valence-electron chi connectivity index (χ1n) is 5.51. The maximum absolute atomic E-state index is 11.7. The SMILES string of the molecule is NS(=O)(=O)c1ccc(C(=O)OCc2ccc(Cl)c(Cl)c2)o1. The minimum atomic E-state index is -4.00. The number of nitrogens with two attached hydrogens (primary N) is 1. The molecule has 112 valence electrons. The van der Waals surface area contributed by atoms with E-state index in [1.54, 1.807) is 18.2 Å². The Morgan fingerprint density at radius 1 is 1.19 bits per heavy atom. The van der Waals surface area contributed by atoms with Crippen molar-refractivity contribution in [1.29, 1.82) is 0 Å². The van der Waals surface area contributed by atoms with Gasteiger partial charge in [0.1, 0.15) is 6.61 Å². The second-order valence-corrected chi connectivity index (χ2v) is 6.30. The molecule has 0 saturated heterocycles. The third kappa shape index (κ3) is 3.98. The fourth-order valence-corrected chi connectivity index (χ4v) is 2.22. The molecule has 0 unspecified atom stereocenters. The Morgan fingerprint density at radius 2 is 1.90 bits per heavy atom. The molecule has 1 heterocycles. The molecule has 0 bridgehead atoms. The fourth-order valence-electron chi connectivity index (χ4n) is 1.43. The predicted molar refractivity (Wildman–Crippen MR) is 75.7 cm³/mol. The highest BCUT2D eigenvalue weighted by atomic mass is 35.5. The molecule has 0 aliphatic carbocycles. The van der Waals surface area contributed by atoms with Gasteiger partial charge in [0.15, 0.2) is 0 Å².